The summed E-state index contributed by atoms with van der Waals surface area (Å²) in [5, 5.41) is 1.23. The van der Waals surface area contributed by atoms with Crippen molar-refractivity contribution in [2.75, 3.05) is 0 Å². The smallest absolute Gasteiger partial charge is 0.251 e. The Balaban J connectivity index is 0.00000147. The van der Waals surface area contributed by atoms with Crippen molar-refractivity contribution in [3.05, 3.63) is 45.2 Å². The molecular formula is C17H22ClNO. The Kier molecular flexibility index (Phi) is 3.50. The summed E-state index contributed by atoms with van der Waals surface area (Å²) in [5.41, 5.74) is 4.87. The van der Waals surface area contributed by atoms with Crippen LogP contribution in [0.5, 0.6) is 0 Å². The molecule has 2 nitrogen and oxygen atoms in total. The lowest BCUT2D eigenvalue weighted by molar-refractivity contribution is 0.293. The zero-order chi connectivity index (χ0) is 13.9. The van der Waals surface area contributed by atoms with Crippen molar-refractivity contribution in [3.8, 4) is 0 Å². The third-order valence-corrected chi connectivity index (χ3v) is 4.43. The van der Waals surface area contributed by atoms with Crippen molar-refractivity contribution in [1.82, 2.24) is 4.57 Å². The number of hydrogen-bond acceptors (Lipinski definition) is 1. The Morgan fingerprint density at radius 1 is 1.20 bits per heavy atom. The highest BCUT2D eigenvalue weighted by Gasteiger charge is 2.33. The molecule has 0 bridgehead atoms. The van der Waals surface area contributed by atoms with Crippen molar-refractivity contribution >= 4 is 23.3 Å². The molecule has 0 N–H and O–H groups in total. The molecule has 0 radical (unpaired) electrons. The monoisotopic (exact) mass is 291 g/mol. The first-order chi connectivity index (χ1) is 8.81. The van der Waals surface area contributed by atoms with Crippen molar-refractivity contribution in [2.24, 2.45) is 0 Å². The molecule has 2 heterocycles. The lowest BCUT2D eigenvalue weighted by Crippen LogP contribution is -2.40. The van der Waals surface area contributed by atoms with E-state index >= 15 is 0 Å². The summed E-state index contributed by atoms with van der Waals surface area (Å²) >= 11 is 0. The Bertz CT molecular complexity index is 743. The van der Waals surface area contributed by atoms with Crippen LogP contribution < -0.4 is 5.56 Å². The van der Waals surface area contributed by atoms with Crippen LogP contribution in [0.4, 0.5) is 0 Å². The maximum atomic E-state index is 12.4. The number of halogens is 1. The van der Waals surface area contributed by atoms with Gasteiger partial charge in [-0.1, -0.05) is 18.6 Å². The Morgan fingerprint density at radius 3 is 2.50 bits per heavy atom. The van der Waals surface area contributed by atoms with Gasteiger partial charge in [0.2, 0.25) is 0 Å². The predicted molar refractivity (Wildman–Crippen MR) is 87.3 cm³/mol. The second-order valence-corrected chi connectivity index (χ2v) is 6.67. The molecule has 0 fully saturated rings. The molecule has 0 spiro atoms. The number of nitrogens with zero attached hydrogens (tertiary/aromatic N) is 1. The fourth-order valence-electron chi connectivity index (χ4n) is 3.72. The number of rotatable bonds is 0. The summed E-state index contributed by atoms with van der Waals surface area (Å²) < 4.78 is 2.00. The molecule has 1 aliphatic rings. The van der Waals surface area contributed by atoms with Gasteiger partial charge in [0.25, 0.3) is 5.56 Å². The maximum Gasteiger partial charge on any atom is 0.251 e. The van der Waals surface area contributed by atoms with Crippen LogP contribution in [0.1, 0.15) is 49.8 Å². The standard InChI is InChI=1S/C17H21NO.ClH/c1-10-6-13-11(2)8-15(19)18-16(13)14(7-10)12(3)9-17(18,4)5;/h6-8,12H,9H2,1-5H3;1H. The number of aromatic nitrogens is 1. The van der Waals surface area contributed by atoms with Crippen LogP contribution >= 0.6 is 12.4 Å². The molecule has 1 aliphatic heterocycles. The van der Waals surface area contributed by atoms with E-state index in [2.05, 4.69) is 39.8 Å². The van der Waals surface area contributed by atoms with Crippen LogP contribution in [-0.4, -0.2) is 4.57 Å². The zero-order valence-corrected chi connectivity index (χ0v) is 13.6. The second kappa shape index (κ2) is 4.63. The van der Waals surface area contributed by atoms with Crippen LogP contribution in [0.2, 0.25) is 0 Å². The van der Waals surface area contributed by atoms with Crippen LogP contribution in [0.15, 0.2) is 23.0 Å². The fourth-order valence-corrected chi connectivity index (χ4v) is 3.72. The van der Waals surface area contributed by atoms with E-state index in [1.807, 2.05) is 11.5 Å². The van der Waals surface area contributed by atoms with Gasteiger partial charge >= 0.3 is 0 Å². The number of pyridine rings is 1. The molecule has 3 rings (SSSR count). The molecule has 0 saturated heterocycles. The molecule has 3 heteroatoms. The molecule has 20 heavy (non-hydrogen) atoms. The molecule has 1 aromatic carbocycles. The summed E-state index contributed by atoms with van der Waals surface area (Å²) in [6.45, 7) is 10.8. The number of aryl methyl sites for hydroxylation is 2. The Hall–Kier alpha value is -1.28. The largest absolute Gasteiger partial charge is 0.302 e. The van der Waals surface area contributed by atoms with Crippen LogP contribution in [-0.2, 0) is 5.54 Å². The fraction of sp³-hybridized carbons (Fsp3) is 0.471. The summed E-state index contributed by atoms with van der Waals surface area (Å²) in [6.07, 6.45) is 1.02. The Labute approximate surface area is 126 Å². The molecular weight excluding hydrogens is 270 g/mol. The zero-order valence-electron chi connectivity index (χ0n) is 12.8. The van der Waals surface area contributed by atoms with E-state index in [0.29, 0.717) is 5.92 Å². The third-order valence-electron chi connectivity index (χ3n) is 4.43. The maximum absolute atomic E-state index is 12.4. The van der Waals surface area contributed by atoms with E-state index in [0.717, 1.165) is 17.5 Å². The van der Waals surface area contributed by atoms with Gasteiger partial charge in [0.1, 0.15) is 0 Å². The van der Waals surface area contributed by atoms with Gasteiger partial charge in [-0.3, -0.25) is 4.79 Å². The minimum absolute atomic E-state index is 0. The topological polar surface area (TPSA) is 22.0 Å². The molecule has 2 aromatic rings. The van der Waals surface area contributed by atoms with Crippen LogP contribution in [0, 0.1) is 13.8 Å². The molecule has 108 valence electrons. The predicted octanol–water partition coefficient (Wildman–Crippen LogP) is 4.28. The minimum Gasteiger partial charge on any atom is -0.302 e. The van der Waals surface area contributed by atoms with Gasteiger partial charge in [-0.15, -0.1) is 12.4 Å². The molecule has 0 amide bonds. The van der Waals surface area contributed by atoms with E-state index in [1.165, 1.54) is 16.5 Å². The number of benzene rings is 1. The molecule has 1 aromatic heterocycles. The van der Waals surface area contributed by atoms with Gasteiger partial charge in [-0.2, -0.15) is 0 Å². The molecule has 1 atom stereocenters. The minimum atomic E-state index is -0.106. The summed E-state index contributed by atoms with van der Waals surface area (Å²) in [4.78, 5) is 12.4. The highest BCUT2D eigenvalue weighted by atomic mass is 35.5. The number of hydrogen-bond donors (Lipinski definition) is 0. The average molecular weight is 292 g/mol. The third kappa shape index (κ3) is 1.98. The highest BCUT2D eigenvalue weighted by Crippen LogP contribution is 2.41. The first-order valence-corrected chi connectivity index (χ1v) is 6.98. The van der Waals surface area contributed by atoms with Gasteiger partial charge in [-0.05, 0) is 57.2 Å². The average Bonchev–Trinajstić information content (AvgIpc) is 2.27. The highest BCUT2D eigenvalue weighted by molar-refractivity contribution is 5.87. The second-order valence-electron chi connectivity index (χ2n) is 6.67. The first-order valence-electron chi connectivity index (χ1n) is 6.98. The summed E-state index contributed by atoms with van der Waals surface area (Å²) in [6, 6.07) is 6.24. The van der Waals surface area contributed by atoms with Gasteiger partial charge < -0.3 is 4.57 Å². The molecule has 0 aliphatic carbocycles. The molecule has 1 unspecified atom stereocenters. The lowest BCUT2D eigenvalue weighted by Gasteiger charge is -2.38. The normalized spacial score (nSPS) is 19.8. The van der Waals surface area contributed by atoms with E-state index in [4.69, 9.17) is 0 Å². The van der Waals surface area contributed by atoms with Crippen molar-refractivity contribution < 1.29 is 0 Å². The van der Waals surface area contributed by atoms with Gasteiger partial charge in [-0.25, -0.2) is 0 Å². The molecule has 0 saturated carbocycles. The summed E-state index contributed by atoms with van der Waals surface area (Å²) in [7, 11) is 0. The van der Waals surface area contributed by atoms with Gasteiger partial charge in [0, 0.05) is 17.0 Å². The van der Waals surface area contributed by atoms with Gasteiger partial charge in [0.15, 0.2) is 0 Å². The van der Waals surface area contributed by atoms with Crippen molar-refractivity contribution in [2.45, 2.75) is 52.5 Å². The van der Waals surface area contributed by atoms with Gasteiger partial charge in [0.05, 0.1) is 5.52 Å². The quantitative estimate of drug-likeness (QED) is 0.710. The van der Waals surface area contributed by atoms with Crippen molar-refractivity contribution in [3.63, 3.8) is 0 Å². The van der Waals surface area contributed by atoms with E-state index in [-0.39, 0.29) is 23.5 Å². The van der Waals surface area contributed by atoms with E-state index < -0.39 is 0 Å². The van der Waals surface area contributed by atoms with Crippen molar-refractivity contribution in [1.29, 1.82) is 0 Å². The van der Waals surface area contributed by atoms with Crippen LogP contribution in [0.3, 0.4) is 0 Å². The van der Waals surface area contributed by atoms with E-state index in [9.17, 15) is 4.79 Å². The Morgan fingerprint density at radius 2 is 1.85 bits per heavy atom. The van der Waals surface area contributed by atoms with E-state index in [1.54, 1.807) is 6.07 Å². The summed E-state index contributed by atoms with van der Waals surface area (Å²) in [5.74, 6) is 0.499. The SMILES string of the molecule is Cc1cc2c3c(c1)c(C)cc(=O)n3C(C)(C)CC2C.Cl. The van der Waals surface area contributed by atoms with Crippen LogP contribution in [0.25, 0.3) is 10.9 Å². The lowest BCUT2D eigenvalue weighted by atomic mass is 9.80. The first kappa shape index (κ1) is 15.1.